The lowest BCUT2D eigenvalue weighted by Gasteiger charge is -2.18. The van der Waals surface area contributed by atoms with Crippen LogP contribution in [0.1, 0.15) is 29.2 Å². The van der Waals surface area contributed by atoms with Crippen molar-refractivity contribution in [2.24, 2.45) is 0 Å². The van der Waals surface area contributed by atoms with E-state index in [0.29, 0.717) is 5.56 Å². The molecule has 1 atom stereocenters. The number of hydrogen-bond donors (Lipinski definition) is 1. The van der Waals surface area contributed by atoms with Crippen LogP contribution < -0.4 is 0 Å². The summed E-state index contributed by atoms with van der Waals surface area (Å²) < 4.78 is 30.7. The molecular formula is C18H22FO3P. The van der Waals surface area contributed by atoms with Crippen LogP contribution >= 0.6 is 7.60 Å². The van der Waals surface area contributed by atoms with Gasteiger partial charge in [-0.15, -0.1) is 0 Å². The van der Waals surface area contributed by atoms with E-state index in [1.807, 2.05) is 26.0 Å². The summed E-state index contributed by atoms with van der Waals surface area (Å²) >= 11 is 0. The minimum Gasteiger partial charge on any atom is -0.324 e. The fourth-order valence-corrected chi connectivity index (χ4v) is 4.04. The van der Waals surface area contributed by atoms with Gasteiger partial charge < -0.3 is 9.42 Å². The highest BCUT2D eigenvalue weighted by atomic mass is 31.2. The van der Waals surface area contributed by atoms with Crippen molar-refractivity contribution in [2.75, 3.05) is 6.61 Å². The summed E-state index contributed by atoms with van der Waals surface area (Å²) in [4.78, 5) is 10.0. The molecule has 0 spiro atoms. The minimum atomic E-state index is -3.70. The first-order valence-electron chi connectivity index (χ1n) is 7.56. The average Bonchev–Trinajstić information content (AvgIpc) is 2.44. The molecule has 1 N–H and O–H groups in total. The molecule has 0 saturated heterocycles. The van der Waals surface area contributed by atoms with Crippen LogP contribution in [0.4, 0.5) is 4.39 Å². The van der Waals surface area contributed by atoms with E-state index in [-0.39, 0.29) is 18.6 Å². The second-order valence-electron chi connectivity index (χ2n) is 5.79. The number of halogens is 1. The molecule has 1 unspecified atom stereocenters. The van der Waals surface area contributed by atoms with E-state index >= 15 is 0 Å². The van der Waals surface area contributed by atoms with Crippen molar-refractivity contribution >= 4 is 7.60 Å². The first kappa shape index (κ1) is 17.9. The molecule has 0 bridgehead atoms. The molecule has 3 nitrogen and oxygen atoms in total. The van der Waals surface area contributed by atoms with Crippen LogP contribution in [0.25, 0.3) is 11.1 Å². The van der Waals surface area contributed by atoms with E-state index in [1.165, 1.54) is 6.07 Å². The predicted molar refractivity (Wildman–Crippen MR) is 91.2 cm³/mol. The SMILES string of the molecule is CCOP(=O)(O)Cc1c(C)cc(C)cc1-c1ccc(F)c(C)c1. The van der Waals surface area contributed by atoms with E-state index in [0.717, 1.165) is 27.8 Å². The van der Waals surface area contributed by atoms with Crippen LogP contribution in [0.3, 0.4) is 0 Å². The second-order valence-corrected chi connectivity index (χ2v) is 7.63. The Labute approximate surface area is 136 Å². The molecule has 0 aromatic heterocycles. The summed E-state index contributed by atoms with van der Waals surface area (Å²) in [7, 11) is -3.70. The van der Waals surface area contributed by atoms with E-state index in [9.17, 15) is 13.8 Å². The average molecular weight is 336 g/mol. The standard InChI is InChI=1S/C18H22FO3P/c1-5-22-23(20,21)11-17-13(3)8-12(2)9-16(17)15-6-7-18(19)14(4)10-15/h6-10H,5,11H2,1-4H3,(H,20,21). The van der Waals surface area contributed by atoms with E-state index in [2.05, 4.69) is 0 Å². The molecule has 124 valence electrons. The molecule has 23 heavy (non-hydrogen) atoms. The van der Waals surface area contributed by atoms with E-state index in [4.69, 9.17) is 4.52 Å². The molecule has 5 heteroatoms. The highest BCUT2D eigenvalue weighted by Gasteiger charge is 2.23. The highest BCUT2D eigenvalue weighted by molar-refractivity contribution is 7.51. The van der Waals surface area contributed by atoms with Gasteiger partial charge in [-0.3, -0.25) is 4.57 Å². The van der Waals surface area contributed by atoms with Gasteiger partial charge in [0.25, 0.3) is 0 Å². The summed E-state index contributed by atoms with van der Waals surface area (Å²) in [6.45, 7) is 7.46. The lowest BCUT2D eigenvalue weighted by atomic mass is 9.94. The Balaban J connectivity index is 2.58. The number of rotatable bonds is 5. The third-order valence-corrected chi connectivity index (χ3v) is 5.15. The largest absolute Gasteiger partial charge is 0.332 e. The summed E-state index contributed by atoms with van der Waals surface area (Å²) in [6, 6.07) is 8.81. The van der Waals surface area contributed by atoms with Gasteiger partial charge in [0.05, 0.1) is 12.8 Å². The van der Waals surface area contributed by atoms with Crippen LogP contribution in [0, 0.1) is 26.6 Å². The van der Waals surface area contributed by atoms with Crippen LogP contribution in [-0.2, 0) is 15.3 Å². The summed E-state index contributed by atoms with van der Waals surface area (Å²) in [5.74, 6) is -0.262. The number of benzene rings is 2. The van der Waals surface area contributed by atoms with Gasteiger partial charge in [-0.25, -0.2) is 4.39 Å². The molecule has 2 rings (SSSR count). The fraction of sp³-hybridized carbons (Fsp3) is 0.333. The van der Waals surface area contributed by atoms with Gasteiger partial charge in [-0.1, -0.05) is 23.8 Å². The predicted octanol–water partition coefficient (Wildman–Crippen LogP) is 5.14. The molecule has 0 saturated carbocycles. The molecule has 0 amide bonds. The zero-order chi connectivity index (χ0) is 17.2. The maximum atomic E-state index is 13.5. The fourth-order valence-electron chi connectivity index (χ4n) is 2.72. The van der Waals surface area contributed by atoms with E-state index in [1.54, 1.807) is 26.0 Å². The van der Waals surface area contributed by atoms with Crippen LogP contribution in [0.5, 0.6) is 0 Å². The van der Waals surface area contributed by atoms with Crippen LogP contribution in [0.2, 0.25) is 0 Å². The van der Waals surface area contributed by atoms with Gasteiger partial charge >= 0.3 is 7.60 Å². The summed E-state index contributed by atoms with van der Waals surface area (Å²) in [5, 5.41) is 0. The van der Waals surface area contributed by atoms with Gasteiger partial charge in [0.15, 0.2) is 0 Å². The Morgan fingerprint density at radius 1 is 1.13 bits per heavy atom. The smallest absolute Gasteiger partial charge is 0.324 e. The van der Waals surface area contributed by atoms with E-state index < -0.39 is 7.60 Å². The molecule has 2 aromatic rings. The van der Waals surface area contributed by atoms with Gasteiger partial charge in [0, 0.05) is 0 Å². The van der Waals surface area contributed by atoms with Crippen LogP contribution in [0.15, 0.2) is 30.3 Å². The molecule has 0 fully saturated rings. The first-order valence-corrected chi connectivity index (χ1v) is 9.33. The molecule has 0 heterocycles. The summed E-state index contributed by atoms with van der Waals surface area (Å²) in [6.07, 6.45) is -0.0568. The number of aryl methyl sites for hydroxylation is 3. The van der Waals surface area contributed by atoms with Gasteiger partial charge in [0.2, 0.25) is 0 Å². The molecule has 0 aliphatic heterocycles. The number of hydrogen-bond acceptors (Lipinski definition) is 2. The quantitative estimate of drug-likeness (QED) is 0.769. The highest BCUT2D eigenvalue weighted by Crippen LogP contribution is 2.48. The topological polar surface area (TPSA) is 46.5 Å². The maximum Gasteiger partial charge on any atom is 0.332 e. The second kappa shape index (κ2) is 6.96. The lowest BCUT2D eigenvalue weighted by molar-refractivity contribution is 0.272. The normalized spacial score (nSPS) is 13.8. The Morgan fingerprint density at radius 3 is 2.43 bits per heavy atom. The van der Waals surface area contributed by atoms with Gasteiger partial charge in [-0.2, -0.15) is 0 Å². The van der Waals surface area contributed by atoms with Crippen molar-refractivity contribution < 1.29 is 18.4 Å². The molecule has 0 aliphatic rings. The third-order valence-electron chi connectivity index (χ3n) is 3.78. The van der Waals surface area contributed by atoms with Crippen molar-refractivity contribution in [1.29, 1.82) is 0 Å². The molecular weight excluding hydrogens is 314 g/mol. The van der Waals surface area contributed by atoms with Crippen molar-refractivity contribution in [2.45, 2.75) is 33.9 Å². The zero-order valence-corrected chi connectivity index (χ0v) is 14.8. The zero-order valence-electron chi connectivity index (χ0n) is 13.9. The Kier molecular flexibility index (Phi) is 5.41. The van der Waals surface area contributed by atoms with Crippen molar-refractivity contribution in [3.8, 4) is 11.1 Å². The monoisotopic (exact) mass is 336 g/mol. The van der Waals surface area contributed by atoms with Crippen molar-refractivity contribution in [1.82, 2.24) is 0 Å². The van der Waals surface area contributed by atoms with Crippen molar-refractivity contribution in [3.05, 3.63) is 58.4 Å². The Bertz CT molecular complexity index is 771. The molecule has 0 radical (unpaired) electrons. The summed E-state index contributed by atoms with van der Waals surface area (Å²) in [5.41, 5.74) is 4.97. The lowest BCUT2D eigenvalue weighted by Crippen LogP contribution is -2.00. The van der Waals surface area contributed by atoms with Crippen LogP contribution in [-0.4, -0.2) is 11.5 Å². The van der Waals surface area contributed by atoms with Gasteiger partial charge in [0.1, 0.15) is 5.82 Å². The maximum absolute atomic E-state index is 13.5. The minimum absolute atomic E-state index is 0.0568. The molecule has 0 aliphatic carbocycles. The Morgan fingerprint density at radius 2 is 1.83 bits per heavy atom. The first-order chi connectivity index (χ1) is 10.7. The van der Waals surface area contributed by atoms with Crippen molar-refractivity contribution in [3.63, 3.8) is 0 Å². The van der Waals surface area contributed by atoms with Gasteiger partial charge in [-0.05, 0) is 67.6 Å². The Hall–Kier alpha value is -1.48. The third kappa shape index (κ3) is 4.29. The molecule has 2 aromatic carbocycles.